The van der Waals surface area contributed by atoms with Crippen LogP contribution in [0.1, 0.15) is 39.5 Å². The molecule has 0 spiro atoms. The van der Waals surface area contributed by atoms with Gasteiger partial charge in [-0.2, -0.15) is 0 Å². The molecular formula is C20H34IN5O2. The minimum Gasteiger partial charge on any atom is -0.508 e. The Morgan fingerprint density at radius 2 is 2.00 bits per heavy atom. The molecule has 28 heavy (non-hydrogen) atoms. The predicted octanol–water partition coefficient (Wildman–Crippen LogP) is 2.77. The van der Waals surface area contributed by atoms with Gasteiger partial charge in [0.05, 0.1) is 0 Å². The molecule has 1 aliphatic rings. The van der Waals surface area contributed by atoms with Crippen molar-refractivity contribution in [2.75, 3.05) is 38.0 Å². The lowest BCUT2D eigenvalue weighted by molar-refractivity contribution is -0.114. The van der Waals surface area contributed by atoms with Gasteiger partial charge in [-0.15, -0.1) is 24.0 Å². The first-order chi connectivity index (χ1) is 13.1. The van der Waals surface area contributed by atoms with Crippen molar-refractivity contribution in [3.63, 3.8) is 0 Å². The molecule has 0 aromatic heterocycles. The number of hydrogen-bond acceptors (Lipinski definition) is 4. The lowest BCUT2D eigenvalue weighted by atomic mass is 10.0. The number of aliphatic imine (C=N–C) groups is 1. The molecule has 2 rings (SSSR count). The summed E-state index contributed by atoms with van der Waals surface area (Å²) in [6.07, 6.45) is 5.00. The molecule has 1 aromatic carbocycles. The van der Waals surface area contributed by atoms with Crippen molar-refractivity contribution >= 4 is 41.5 Å². The van der Waals surface area contributed by atoms with Crippen molar-refractivity contribution in [1.29, 1.82) is 0 Å². The van der Waals surface area contributed by atoms with Crippen molar-refractivity contribution in [3.05, 3.63) is 24.3 Å². The number of amides is 1. The van der Waals surface area contributed by atoms with Crippen LogP contribution < -0.4 is 16.0 Å². The zero-order valence-electron chi connectivity index (χ0n) is 16.9. The van der Waals surface area contributed by atoms with E-state index in [4.69, 9.17) is 0 Å². The fourth-order valence-corrected chi connectivity index (χ4v) is 3.22. The number of aromatic hydroxyl groups is 1. The summed E-state index contributed by atoms with van der Waals surface area (Å²) in [6, 6.07) is 7.06. The highest BCUT2D eigenvalue weighted by Crippen LogP contribution is 2.16. The Labute approximate surface area is 185 Å². The predicted molar refractivity (Wildman–Crippen MR) is 126 cm³/mol. The second-order valence-corrected chi connectivity index (χ2v) is 6.95. The number of guanidine groups is 1. The number of nitrogens with one attached hydrogen (secondary N) is 3. The largest absolute Gasteiger partial charge is 0.508 e. The SMILES string of the molecule is CCNC(=NCC(=O)Nc1ccc(O)cc1)NCCCN1CCCCC1C.I. The summed E-state index contributed by atoms with van der Waals surface area (Å²) in [4.78, 5) is 18.9. The molecule has 0 saturated carbocycles. The van der Waals surface area contributed by atoms with Gasteiger partial charge < -0.3 is 26.0 Å². The van der Waals surface area contributed by atoms with Crippen LogP contribution in [0.3, 0.4) is 0 Å². The zero-order chi connectivity index (χ0) is 19.5. The maximum atomic E-state index is 12.0. The lowest BCUT2D eigenvalue weighted by Gasteiger charge is -2.33. The van der Waals surface area contributed by atoms with Crippen molar-refractivity contribution < 1.29 is 9.90 Å². The average molecular weight is 503 g/mol. The third-order valence-corrected chi connectivity index (χ3v) is 4.73. The molecule has 0 radical (unpaired) electrons. The van der Waals surface area contributed by atoms with Gasteiger partial charge in [-0.25, -0.2) is 4.99 Å². The van der Waals surface area contributed by atoms with Crippen LogP contribution in [0.25, 0.3) is 0 Å². The van der Waals surface area contributed by atoms with Gasteiger partial charge in [0.2, 0.25) is 5.91 Å². The first-order valence-electron chi connectivity index (χ1n) is 9.93. The number of phenolic OH excluding ortho intramolecular Hbond substituents is 1. The van der Waals surface area contributed by atoms with E-state index in [1.54, 1.807) is 12.1 Å². The molecule has 1 aromatic rings. The monoisotopic (exact) mass is 503 g/mol. The van der Waals surface area contributed by atoms with Gasteiger partial charge >= 0.3 is 0 Å². The van der Waals surface area contributed by atoms with E-state index in [2.05, 4.69) is 32.8 Å². The Morgan fingerprint density at radius 1 is 1.25 bits per heavy atom. The number of halogens is 1. The standard InChI is InChI=1S/C20H33N5O2.HI/c1-3-21-20(22-12-6-14-25-13-5-4-7-16(25)2)23-15-19(27)24-17-8-10-18(26)11-9-17;/h8-11,16,26H,3-7,12-15H2,1-2H3,(H,24,27)(H2,21,22,23);1H. The number of benzene rings is 1. The van der Waals surface area contributed by atoms with Crippen molar-refractivity contribution in [1.82, 2.24) is 15.5 Å². The molecule has 1 aliphatic heterocycles. The summed E-state index contributed by atoms with van der Waals surface area (Å²) < 4.78 is 0. The number of likely N-dealkylation sites (tertiary alicyclic amines) is 1. The number of rotatable bonds is 8. The lowest BCUT2D eigenvalue weighted by Crippen LogP contribution is -2.41. The maximum absolute atomic E-state index is 12.0. The summed E-state index contributed by atoms with van der Waals surface area (Å²) in [5.41, 5.74) is 0.640. The van der Waals surface area contributed by atoms with Crippen LogP contribution in [-0.2, 0) is 4.79 Å². The normalized spacial score (nSPS) is 17.5. The summed E-state index contributed by atoms with van der Waals surface area (Å²) in [6.45, 7) is 8.22. The zero-order valence-corrected chi connectivity index (χ0v) is 19.2. The van der Waals surface area contributed by atoms with E-state index in [0.717, 1.165) is 26.1 Å². The van der Waals surface area contributed by atoms with Crippen LogP contribution in [0.4, 0.5) is 5.69 Å². The van der Waals surface area contributed by atoms with Gasteiger partial charge in [-0.05, 0) is 63.9 Å². The summed E-state index contributed by atoms with van der Waals surface area (Å²) in [5.74, 6) is 0.633. The number of phenols is 1. The number of carbonyl (C=O) groups excluding carboxylic acids is 1. The third kappa shape index (κ3) is 9.09. The Morgan fingerprint density at radius 3 is 2.68 bits per heavy atom. The molecule has 158 valence electrons. The Hall–Kier alpha value is -1.55. The summed E-state index contributed by atoms with van der Waals surface area (Å²) >= 11 is 0. The molecule has 4 N–H and O–H groups in total. The van der Waals surface area contributed by atoms with Crippen molar-refractivity contribution in [3.8, 4) is 5.75 Å². The molecule has 8 heteroatoms. The van der Waals surface area contributed by atoms with Crippen LogP contribution in [0.5, 0.6) is 5.75 Å². The van der Waals surface area contributed by atoms with E-state index in [9.17, 15) is 9.90 Å². The van der Waals surface area contributed by atoms with Crippen LogP contribution in [-0.4, -0.2) is 60.6 Å². The highest BCUT2D eigenvalue weighted by Gasteiger charge is 2.17. The third-order valence-electron chi connectivity index (χ3n) is 4.73. The van der Waals surface area contributed by atoms with E-state index in [0.29, 0.717) is 17.7 Å². The smallest absolute Gasteiger partial charge is 0.246 e. The van der Waals surface area contributed by atoms with Crippen LogP contribution >= 0.6 is 24.0 Å². The number of carbonyl (C=O) groups is 1. The van der Waals surface area contributed by atoms with E-state index in [1.807, 2.05) is 6.92 Å². The Balaban J connectivity index is 0.00000392. The van der Waals surface area contributed by atoms with Crippen LogP contribution in [0.2, 0.25) is 0 Å². The number of hydrogen-bond donors (Lipinski definition) is 4. The van der Waals surface area contributed by atoms with Gasteiger partial charge in [0, 0.05) is 31.4 Å². The summed E-state index contributed by atoms with van der Waals surface area (Å²) in [7, 11) is 0. The average Bonchev–Trinajstić information content (AvgIpc) is 2.66. The minimum absolute atomic E-state index is 0. The number of piperidine rings is 1. The van der Waals surface area contributed by atoms with E-state index >= 15 is 0 Å². The second kappa shape index (κ2) is 13.6. The first-order valence-corrected chi connectivity index (χ1v) is 9.93. The number of nitrogens with zero attached hydrogens (tertiary/aromatic N) is 2. The minimum atomic E-state index is -0.194. The highest BCUT2D eigenvalue weighted by molar-refractivity contribution is 14.0. The molecule has 1 fully saturated rings. The van der Waals surface area contributed by atoms with E-state index < -0.39 is 0 Å². The van der Waals surface area contributed by atoms with Gasteiger partial charge in [-0.3, -0.25) is 4.79 Å². The van der Waals surface area contributed by atoms with Crippen LogP contribution in [0, 0.1) is 0 Å². The molecule has 1 atom stereocenters. The quantitative estimate of drug-likeness (QED) is 0.144. The molecular weight excluding hydrogens is 469 g/mol. The van der Waals surface area contributed by atoms with Crippen LogP contribution in [0.15, 0.2) is 29.3 Å². The fourth-order valence-electron chi connectivity index (χ4n) is 3.22. The molecule has 7 nitrogen and oxygen atoms in total. The van der Waals surface area contributed by atoms with Gasteiger partial charge in [-0.1, -0.05) is 6.42 Å². The topological polar surface area (TPSA) is 89.0 Å². The molecule has 1 saturated heterocycles. The molecule has 1 heterocycles. The molecule has 1 unspecified atom stereocenters. The fraction of sp³-hybridized carbons (Fsp3) is 0.600. The van der Waals surface area contributed by atoms with Crippen molar-refractivity contribution in [2.45, 2.75) is 45.6 Å². The first kappa shape index (κ1) is 24.5. The highest BCUT2D eigenvalue weighted by atomic mass is 127. The summed E-state index contributed by atoms with van der Waals surface area (Å²) in [5, 5.41) is 18.5. The van der Waals surface area contributed by atoms with Gasteiger partial charge in [0.15, 0.2) is 5.96 Å². The molecule has 1 amide bonds. The number of anilines is 1. The van der Waals surface area contributed by atoms with E-state index in [-0.39, 0.29) is 42.2 Å². The maximum Gasteiger partial charge on any atom is 0.246 e. The van der Waals surface area contributed by atoms with Gasteiger partial charge in [0.1, 0.15) is 12.3 Å². The molecule has 0 aliphatic carbocycles. The van der Waals surface area contributed by atoms with Crippen molar-refractivity contribution in [2.24, 2.45) is 4.99 Å². The Bertz CT molecular complexity index is 609. The van der Waals surface area contributed by atoms with Gasteiger partial charge in [0.25, 0.3) is 0 Å². The molecule has 0 bridgehead atoms. The van der Waals surface area contributed by atoms with E-state index in [1.165, 1.54) is 37.9 Å². The second-order valence-electron chi connectivity index (χ2n) is 6.95. The Kier molecular flexibility index (Phi) is 11.9.